The molecular weight excluding hydrogens is 422 g/mol. The number of ether oxygens (including phenoxy) is 1. The molecule has 1 aromatic carbocycles. The van der Waals surface area contributed by atoms with Gasteiger partial charge in [-0.1, -0.05) is 27.5 Å². The maximum Gasteiger partial charge on any atom is 0.291 e. The van der Waals surface area contributed by atoms with Gasteiger partial charge in [0.05, 0.1) is 22.1 Å². The van der Waals surface area contributed by atoms with Gasteiger partial charge < -0.3 is 14.5 Å². The first-order valence-corrected chi connectivity index (χ1v) is 9.00. The van der Waals surface area contributed by atoms with Crippen molar-refractivity contribution in [2.75, 3.05) is 5.32 Å². The predicted octanol–water partition coefficient (Wildman–Crippen LogP) is 4.88. The van der Waals surface area contributed by atoms with Gasteiger partial charge in [0.25, 0.3) is 5.91 Å². The molecule has 0 aliphatic heterocycles. The molecule has 8 heteroatoms. The Labute approximate surface area is 164 Å². The topological polar surface area (TPSA) is 69.3 Å². The molecule has 0 aliphatic rings. The average Bonchev–Trinajstić information content (AvgIpc) is 3.15. The summed E-state index contributed by atoms with van der Waals surface area (Å²) in [5.74, 6) is 0.929. The van der Waals surface area contributed by atoms with E-state index in [1.165, 1.54) is 0 Å². The summed E-state index contributed by atoms with van der Waals surface area (Å²) >= 11 is 9.46. The lowest BCUT2D eigenvalue weighted by Crippen LogP contribution is -2.12. The van der Waals surface area contributed by atoms with Gasteiger partial charge in [-0.2, -0.15) is 5.10 Å². The van der Waals surface area contributed by atoms with Crippen LogP contribution in [0.5, 0.6) is 5.75 Å². The van der Waals surface area contributed by atoms with Crippen molar-refractivity contribution in [2.24, 2.45) is 7.05 Å². The number of furan rings is 1. The Morgan fingerprint density at radius 3 is 2.77 bits per heavy atom. The first kappa shape index (κ1) is 18.5. The average molecular weight is 439 g/mol. The Kier molecular flexibility index (Phi) is 5.38. The summed E-state index contributed by atoms with van der Waals surface area (Å²) in [5.41, 5.74) is 2.31. The van der Waals surface area contributed by atoms with Crippen LogP contribution in [0.25, 0.3) is 0 Å². The highest BCUT2D eigenvalue weighted by atomic mass is 79.9. The zero-order valence-corrected chi connectivity index (χ0v) is 16.8. The van der Waals surface area contributed by atoms with E-state index in [1.807, 2.05) is 27.0 Å². The minimum absolute atomic E-state index is 0.166. The van der Waals surface area contributed by atoms with E-state index < -0.39 is 0 Å². The monoisotopic (exact) mass is 437 g/mol. The van der Waals surface area contributed by atoms with Crippen molar-refractivity contribution in [1.29, 1.82) is 0 Å². The van der Waals surface area contributed by atoms with Crippen LogP contribution >= 0.6 is 27.5 Å². The third kappa shape index (κ3) is 3.94. The molecule has 136 valence electrons. The fourth-order valence-electron chi connectivity index (χ4n) is 2.45. The largest absolute Gasteiger partial charge is 0.484 e. The lowest BCUT2D eigenvalue weighted by Gasteiger charge is -2.06. The van der Waals surface area contributed by atoms with Crippen LogP contribution in [0, 0.1) is 13.8 Å². The highest BCUT2D eigenvalue weighted by Crippen LogP contribution is 2.28. The highest BCUT2D eigenvalue weighted by Gasteiger charge is 2.17. The van der Waals surface area contributed by atoms with Gasteiger partial charge in [0.1, 0.15) is 18.1 Å². The number of nitrogens with zero attached hydrogens (tertiary/aromatic N) is 2. The number of amides is 1. The van der Waals surface area contributed by atoms with Crippen LogP contribution in [-0.4, -0.2) is 15.7 Å². The highest BCUT2D eigenvalue weighted by molar-refractivity contribution is 9.10. The fraction of sp³-hybridized carbons (Fsp3) is 0.222. The second-order valence-electron chi connectivity index (χ2n) is 5.75. The van der Waals surface area contributed by atoms with E-state index in [9.17, 15) is 4.79 Å². The SMILES string of the molecule is Cc1nn(C)c(C)c1NC(=O)c1ccc(COc2ccc(Br)cc2Cl)o1. The summed E-state index contributed by atoms with van der Waals surface area (Å²) in [6.07, 6.45) is 0. The molecule has 1 N–H and O–H groups in total. The zero-order valence-electron chi connectivity index (χ0n) is 14.5. The Morgan fingerprint density at radius 1 is 1.35 bits per heavy atom. The Balaban J connectivity index is 1.66. The molecule has 2 heterocycles. The molecule has 0 fully saturated rings. The molecule has 3 rings (SSSR count). The Hall–Kier alpha value is -2.25. The third-order valence-corrected chi connectivity index (χ3v) is 4.69. The summed E-state index contributed by atoms with van der Waals surface area (Å²) < 4.78 is 13.8. The molecule has 0 atom stereocenters. The molecule has 3 aromatic rings. The number of carbonyl (C=O) groups is 1. The number of halogens is 2. The molecule has 0 spiro atoms. The molecule has 2 aromatic heterocycles. The number of carbonyl (C=O) groups excluding carboxylic acids is 1. The van der Waals surface area contributed by atoms with Gasteiger partial charge in [0.15, 0.2) is 5.76 Å². The first-order chi connectivity index (χ1) is 12.3. The van der Waals surface area contributed by atoms with Gasteiger partial charge >= 0.3 is 0 Å². The van der Waals surface area contributed by atoms with E-state index in [2.05, 4.69) is 26.3 Å². The third-order valence-electron chi connectivity index (χ3n) is 3.90. The molecule has 0 aliphatic carbocycles. The van der Waals surface area contributed by atoms with Gasteiger partial charge in [0.2, 0.25) is 0 Å². The van der Waals surface area contributed by atoms with Gasteiger partial charge in [-0.05, 0) is 44.2 Å². The van der Waals surface area contributed by atoms with Crippen molar-refractivity contribution in [1.82, 2.24) is 9.78 Å². The minimum Gasteiger partial charge on any atom is -0.484 e. The van der Waals surface area contributed by atoms with Crippen molar-refractivity contribution in [3.05, 3.63) is 62.7 Å². The number of anilines is 1. The van der Waals surface area contributed by atoms with Crippen LogP contribution in [0.2, 0.25) is 5.02 Å². The normalized spacial score (nSPS) is 10.8. The van der Waals surface area contributed by atoms with E-state index in [0.717, 1.165) is 15.9 Å². The fourth-order valence-corrected chi connectivity index (χ4v) is 3.18. The van der Waals surface area contributed by atoms with Crippen LogP contribution in [0.15, 0.2) is 39.2 Å². The summed E-state index contributed by atoms with van der Waals surface area (Å²) in [6.45, 7) is 3.89. The second-order valence-corrected chi connectivity index (χ2v) is 7.08. The smallest absolute Gasteiger partial charge is 0.291 e. The van der Waals surface area contributed by atoms with Crippen molar-refractivity contribution in [3.8, 4) is 5.75 Å². The van der Waals surface area contributed by atoms with Crippen molar-refractivity contribution < 1.29 is 13.9 Å². The molecule has 6 nitrogen and oxygen atoms in total. The molecule has 0 unspecified atom stereocenters. The molecule has 0 saturated carbocycles. The molecule has 0 bridgehead atoms. The number of hydrogen-bond acceptors (Lipinski definition) is 4. The van der Waals surface area contributed by atoms with E-state index in [-0.39, 0.29) is 18.3 Å². The van der Waals surface area contributed by atoms with E-state index in [4.69, 9.17) is 20.8 Å². The number of rotatable bonds is 5. The quantitative estimate of drug-likeness (QED) is 0.616. The van der Waals surface area contributed by atoms with Gasteiger partial charge in [-0.15, -0.1) is 0 Å². The lowest BCUT2D eigenvalue weighted by atomic mass is 10.3. The summed E-state index contributed by atoms with van der Waals surface area (Å²) in [7, 11) is 1.83. The van der Waals surface area contributed by atoms with E-state index in [1.54, 1.807) is 28.9 Å². The Bertz CT molecular complexity index is 965. The number of aromatic nitrogens is 2. The van der Waals surface area contributed by atoms with E-state index >= 15 is 0 Å². The Morgan fingerprint density at radius 2 is 2.12 bits per heavy atom. The zero-order chi connectivity index (χ0) is 18.8. The molecular formula is C18H17BrClN3O3. The summed E-state index contributed by atoms with van der Waals surface area (Å²) in [4.78, 5) is 12.4. The van der Waals surface area contributed by atoms with Gasteiger partial charge in [-0.3, -0.25) is 9.48 Å². The number of hydrogen-bond donors (Lipinski definition) is 1. The molecule has 1 amide bonds. The molecule has 0 radical (unpaired) electrons. The van der Waals surface area contributed by atoms with Gasteiger partial charge in [-0.25, -0.2) is 0 Å². The van der Waals surface area contributed by atoms with E-state index in [0.29, 0.717) is 22.2 Å². The second kappa shape index (κ2) is 7.55. The number of benzene rings is 1. The minimum atomic E-state index is -0.336. The number of aryl methyl sites for hydroxylation is 2. The molecule has 26 heavy (non-hydrogen) atoms. The van der Waals surface area contributed by atoms with Crippen LogP contribution in [0.1, 0.15) is 27.7 Å². The summed E-state index contributed by atoms with van der Waals surface area (Å²) in [6, 6.07) is 8.65. The van der Waals surface area contributed by atoms with Crippen molar-refractivity contribution in [3.63, 3.8) is 0 Å². The predicted molar refractivity (Wildman–Crippen MR) is 103 cm³/mol. The summed E-state index contributed by atoms with van der Waals surface area (Å²) in [5, 5.41) is 7.60. The van der Waals surface area contributed by atoms with Crippen LogP contribution < -0.4 is 10.1 Å². The van der Waals surface area contributed by atoms with Crippen LogP contribution in [-0.2, 0) is 13.7 Å². The lowest BCUT2D eigenvalue weighted by molar-refractivity contribution is 0.0992. The standard InChI is InChI=1S/C18H17BrClN3O3/c1-10-17(11(2)23(3)22-10)21-18(24)16-7-5-13(26-16)9-25-15-6-4-12(19)8-14(15)20/h4-8H,9H2,1-3H3,(H,21,24). The number of nitrogens with one attached hydrogen (secondary N) is 1. The van der Waals surface area contributed by atoms with Gasteiger partial charge in [0, 0.05) is 11.5 Å². The van der Waals surface area contributed by atoms with Crippen molar-refractivity contribution >= 4 is 39.1 Å². The van der Waals surface area contributed by atoms with Crippen LogP contribution in [0.3, 0.4) is 0 Å². The molecule has 0 saturated heterocycles. The maximum atomic E-state index is 12.4. The van der Waals surface area contributed by atoms with Crippen molar-refractivity contribution in [2.45, 2.75) is 20.5 Å². The maximum absolute atomic E-state index is 12.4. The van der Waals surface area contributed by atoms with Crippen LogP contribution in [0.4, 0.5) is 5.69 Å². The first-order valence-electron chi connectivity index (χ1n) is 7.83.